The molecule has 1 aliphatic rings. The van der Waals surface area contributed by atoms with Gasteiger partial charge in [0.2, 0.25) is 0 Å². The van der Waals surface area contributed by atoms with Crippen LogP contribution in [0, 0.1) is 5.92 Å². The van der Waals surface area contributed by atoms with E-state index in [-0.39, 0.29) is 12.1 Å². The van der Waals surface area contributed by atoms with Crippen molar-refractivity contribution in [2.45, 2.75) is 32.7 Å². The van der Waals surface area contributed by atoms with Gasteiger partial charge in [0.15, 0.2) is 0 Å². The third kappa shape index (κ3) is 4.51. The second-order valence-electron chi connectivity index (χ2n) is 4.78. The Morgan fingerprint density at radius 1 is 1.62 bits per heavy atom. The molecule has 0 spiro atoms. The van der Waals surface area contributed by atoms with Gasteiger partial charge < -0.3 is 10.2 Å². The van der Waals surface area contributed by atoms with Gasteiger partial charge in [-0.3, -0.25) is 4.21 Å². The Bertz CT molecular complexity index is 271. The third-order valence-corrected chi connectivity index (χ3v) is 3.77. The van der Waals surface area contributed by atoms with Crippen LogP contribution < -0.4 is 5.32 Å². The van der Waals surface area contributed by atoms with E-state index >= 15 is 0 Å². The molecule has 4 nitrogen and oxygen atoms in total. The second kappa shape index (κ2) is 6.23. The number of amides is 2. The molecule has 3 unspecified atom stereocenters. The lowest BCUT2D eigenvalue weighted by molar-refractivity contribution is 0.168. The quantitative estimate of drug-likeness (QED) is 0.813. The maximum Gasteiger partial charge on any atom is 0.317 e. The first-order chi connectivity index (χ1) is 7.49. The minimum absolute atomic E-state index is 0.00972. The Hall–Kier alpha value is -0.580. The summed E-state index contributed by atoms with van der Waals surface area (Å²) >= 11 is 0. The molecule has 0 aliphatic carbocycles. The fraction of sp³-hybridized carbons (Fsp3) is 0.909. The summed E-state index contributed by atoms with van der Waals surface area (Å²) in [5.41, 5.74) is 0. The van der Waals surface area contributed by atoms with E-state index in [1.807, 2.05) is 11.8 Å². The summed E-state index contributed by atoms with van der Waals surface area (Å²) < 4.78 is 11.0. The van der Waals surface area contributed by atoms with E-state index < -0.39 is 10.8 Å². The van der Waals surface area contributed by atoms with Crippen molar-refractivity contribution in [1.82, 2.24) is 10.2 Å². The molecule has 94 valence electrons. The highest BCUT2D eigenvalue weighted by Crippen LogP contribution is 2.15. The van der Waals surface area contributed by atoms with Crippen LogP contribution in [-0.2, 0) is 10.8 Å². The average molecular weight is 246 g/mol. The summed E-state index contributed by atoms with van der Waals surface area (Å²) in [6.45, 7) is 5.75. The third-order valence-electron chi connectivity index (χ3n) is 2.80. The van der Waals surface area contributed by atoms with Crippen LogP contribution in [0.4, 0.5) is 4.79 Å². The van der Waals surface area contributed by atoms with E-state index in [1.54, 1.807) is 6.26 Å². The molecule has 1 saturated heterocycles. The maximum atomic E-state index is 11.9. The SMILES string of the molecule is CC1CCCN(C(=O)NC(C)CS(C)=O)C1. The van der Waals surface area contributed by atoms with Gasteiger partial charge in [0.25, 0.3) is 0 Å². The molecule has 0 bridgehead atoms. The Morgan fingerprint density at radius 2 is 2.31 bits per heavy atom. The van der Waals surface area contributed by atoms with Gasteiger partial charge in [0, 0.05) is 41.9 Å². The molecule has 5 heteroatoms. The molecule has 0 aromatic carbocycles. The van der Waals surface area contributed by atoms with Crippen molar-refractivity contribution in [3.8, 4) is 0 Å². The van der Waals surface area contributed by atoms with Crippen LogP contribution in [0.3, 0.4) is 0 Å². The number of hydrogen-bond acceptors (Lipinski definition) is 2. The molecule has 1 aliphatic heterocycles. The Morgan fingerprint density at radius 3 is 2.88 bits per heavy atom. The molecule has 0 aromatic heterocycles. The predicted molar refractivity (Wildman–Crippen MR) is 66.9 cm³/mol. The van der Waals surface area contributed by atoms with Crippen LogP contribution in [0.2, 0.25) is 0 Å². The minimum Gasteiger partial charge on any atom is -0.335 e. The van der Waals surface area contributed by atoms with Gasteiger partial charge in [-0.1, -0.05) is 6.92 Å². The van der Waals surface area contributed by atoms with Gasteiger partial charge >= 0.3 is 6.03 Å². The highest BCUT2D eigenvalue weighted by Gasteiger charge is 2.21. The van der Waals surface area contributed by atoms with Gasteiger partial charge in [-0.15, -0.1) is 0 Å². The number of rotatable bonds is 3. The molecule has 3 atom stereocenters. The van der Waals surface area contributed by atoms with E-state index in [2.05, 4.69) is 12.2 Å². The molecular weight excluding hydrogens is 224 g/mol. The maximum absolute atomic E-state index is 11.9. The number of carbonyl (C=O) groups excluding carboxylic acids is 1. The molecule has 1 rings (SSSR count). The first-order valence-corrected chi connectivity index (χ1v) is 7.57. The number of urea groups is 1. The van der Waals surface area contributed by atoms with Crippen molar-refractivity contribution < 1.29 is 9.00 Å². The second-order valence-corrected chi connectivity index (χ2v) is 6.26. The molecule has 1 heterocycles. The average Bonchev–Trinajstić information content (AvgIpc) is 2.16. The largest absolute Gasteiger partial charge is 0.335 e. The topological polar surface area (TPSA) is 49.4 Å². The highest BCUT2D eigenvalue weighted by atomic mass is 32.2. The molecule has 16 heavy (non-hydrogen) atoms. The van der Waals surface area contributed by atoms with E-state index in [9.17, 15) is 9.00 Å². The van der Waals surface area contributed by atoms with Gasteiger partial charge in [-0.05, 0) is 25.7 Å². The minimum atomic E-state index is -0.857. The van der Waals surface area contributed by atoms with Crippen molar-refractivity contribution >= 4 is 16.8 Å². The summed E-state index contributed by atoms with van der Waals surface area (Å²) in [5, 5.41) is 2.90. The zero-order valence-electron chi connectivity index (χ0n) is 10.4. The lowest BCUT2D eigenvalue weighted by Gasteiger charge is -2.31. The summed E-state index contributed by atoms with van der Waals surface area (Å²) in [7, 11) is -0.857. The smallest absolute Gasteiger partial charge is 0.317 e. The fourth-order valence-electron chi connectivity index (χ4n) is 2.07. The number of hydrogen-bond donors (Lipinski definition) is 1. The van der Waals surface area contributed by atoms with Crippen molar-refractivity contribution in [3.05, 3.63) is 0 Å². The molecule has 1 N–H and O–H groups in total. The normalized spacial score (nSPS) is 24.9. The molecular formula is C11H22N2O2S. The van der Waals surface area contributed by atoms with Gasteiger partial charge in [-0.2, -0.15) is 0 Å². The monoisotopic (exact) mass is 246 g/mol. The molecule has 2 amide bonds. The predicted octanol–water partition coefficient (Wildman–Crippen LogP) is 1.19. The van der Waals surface area contributed by atoms with Crippen LogP contribution >= 0.6 is 0 Å². The van der Waals surface area contributed by atoms with Crippen molar-refractivity contribution in [3.63, 3.8) is 0 Å². The lowest BCUT2D eigenvalue weighted by Crippen LogP contribution is -2.48. The Balaban J connectivity index is 2.36. The zero-order valence-corrected chi connectivity index (χ0v) is 11.2. The first-order valence-electron chi connectivity index (χ1n) is 5.84. The van der Waals surface area contributed by atoms with Crippen LogP contribution in [0.1, 0.15) is 26.7 Å². The number of nitrogens with one attached hydrogen (secondary N) is 1. The Labute approximate surface area is 100 Å². The van der Waals surface area contributed by atoms with Crippen molar-refractivity contribution in [1.29, 1.82) is 0 Å². The van der Waals surface area contributed by atoms with Crippen LogP contribution in [0.15, 0.2) is 0 Å². The van der Waals surface area contributed by atoms with E-state index in [0.29, 0.717) is 11.7 Å². The van der Waals surface area contributed by atoms with Crippen LogP contribution in [0.25, 0.3) is 0 Å². The molecule has 0 aromatic rings. The highest BCUT2D eigenvalue weighted by molar-refractivity contribution is 7.84. The van der Waals surface area contributed by atoms with Crippen LogP contribution in [0.5, 0.6) is 0 Å². The fourth-order valence-corrected chi connectivity index (χ4v) is 2.86. The van der Waals surface area contributed by atoms with Gasteiger partial charge in [0.05, 0.1) is 0 Å². The van der Waals surface area contributed by atoms with Crippen molar-refractivity contribution in [2.75, 3.05) is 25.1 Å². The van der Waals surface area contributed by atoms with E-state index in [1.165, 1.54) is 6.42 Å². The van der Waals surface area contributed by atoms with E-state index in [4.69, 9.17) is 0 Å². The van der Waals surface area contributed by atoms with E-state index in [0.717, 1.165) is 19.5 Å². The zero-order chi connectivity index (χ0) is 12.1. The molecule has 1 fully saturated rings. The number of nitrogens with zero attached hydrogens (tertiary/aromatic N) is 1. The number of likely N-dealkylation sites (tertiary alicyclic amines) is 1. The molecule has 0 radical (unpaired) electrons. The van der Waals surface area contributed by atoms with Crippen LogP contribution in [-0.4, -0.2) is 46.3 Å². The first kappa shape index (κ1) is 13.5. The summed E-state index contributed by atoms with van der Waals surface area (Å²) in [4.78, 5) is 13.7. The lowest BCUT2D eigenvalue weighted by atomic mass is 10.0. The summed E-state index contributed by atoms with van der Waals surface area (Å²) in [6, 6.07) is -0.0277. The Kier molecular flexibility index (Phi) is 5.25. The molecule has 0 saturated carbocycles. The van der Waals surface area contributed by atoms with Gasteiger partial charge in [0.1, 0.15) is 0 Å². The number of piperidine rings is 1. The van der Waals surface area contributed by atoms with Gasteiger partial charge in [-0.25, -0.2) is 4.79 Å². The summed E-state index contributed by atoms with van der Waals surface area (Å²) in [5.74, 6) is 1.12. The number of carbonyl (C=O) groups is 1. The summed E-state index contributed by atoms with van der Waals surface area (Å²) in [6.07, 6.45) is 3.95. The standard InChI is InChI=1S/C11H22N2O2S/c1-9-5-4-6-13(7-9)11(14)12-10(2)8-16(3)15/h9-10H,4-8H2,1-3H3,(H,12,14). The van der Waals surface area contributed by atoms with Crippen molar-refractivity contribution in [2.24, 2.45) is 5.92 Å².